The number of amides is 1. The molecule has 1 aromatic rings. The number of carbonyl (C=O) groups is 1. The van der Waals surface area contributed by atoms with Crippen molar-refractivity contribution < 1.29 is 14.5 Å². The monoisotopic (exact) mass is 359 g/mol. The predicted molar refractivity (Wildman–Crippen MR) is 82.2 cm³/mol. The lowest BCUT2D eigenvalue weighted by Gasteiger charge is -2.26. The molecule has 0 saturated carbocycles. The van der Waals surface area contributed by atoms with Gasteiger partial charge in [-0.3, -0.25) is 14.9 Å². The second-order valence-electron chi connectivity index (χ2n) is 4.73. The van der Waals surface area contributed by atoms with E-state index in [4.69, 9.17) is 10.5 Å². The lowest BCUT2D eigenvalue weighted by Crippen LogP contribution is -2.53. The molecule has 0 aliphatic carbocycles. The van der Waals surface area contributed by atoms with Crippen molar-refractivity contribution in [2.45, 2.75) is 25.8 Å². The fraction of sp³-hybridized carbons (Fsp3) is 0.462. The number of ether oxygens (including phenoxy) is 1. The molecule has 1 rings (SSSR count). The Morgan fingerprint density at radius 2 is 2.19 bits per heavy atom. The molecule has 0 bridgehead atoms. The molecule has 116 valence electrons. The number of carbonyl (C=O) groups excluding carboxylic acids is 1. The summed E-state index contributed by atoms with van der Waals surface area (Å²) in [5.74, 6) is -0.104. The molecule has 8 heteroatoms. The topological polar surface area (TPSA) is 107 Å². The van der Waals surface area contributed by atoms with Crippen LogP contribution in [0.4, 0.5) is 5.69 Å². The maximum Gasteiger partial charge on any atom is 0.274 e. The third kappa shape index (κ3) is 4.98. The van der Waals surface area contributed by atoms with Crippen molar-refractivity contribution in [1.82, 2.24) is 5.32 Å². The van der Waals surface area contributed by atoms with Gasteiger partial charge in [0.1, 0.15) is 5.75 Å². The zero-order chi connectivity index (χ0) is 16.0. The Balaban J connectivity index is 2.71. The molecule has 21 heavy (non-hydrogen) atoms. The van der Waals surface area contributed by atoms with Gasteiger partial charge in [-0.1, -0.05) is 22.9 Å². The first-order valence-electron chi connectivity index (χ1n) is 6.41. The molecular weight excluding hydrogens is 342 g/mol. The van der Waals surface area contributed by atoms with Crippen molar-refractivity contribution in [2.24, 2.45) is 5.73 Å². The SMILES string of the molecule is CCNC(C)(CCOc1cc(Br)cc([N+](=O)[O-])c1)C(N)=O. The molecule has 1 unspecified atom stereocenters. The van der Waals surface area contributed by atoms with E-state index < -0.39 is 16.4 Å². The Morgan fingerprint density at radius 1 is 1.52 bits per heavy atom. The number of primary amides is 1. The minimum atomic E-state index is -0.868. The number of rotatable bonds is 8. The largest absolute Gasteiger partial charge is 0.493 e. The zero-order valence-electron chi connectivity index (χ0n) is 11.9. The van der Waals surface area contributed by atoms with Crippen LogP contribution in [-0.4, -0.2) is 29.5 Å². The summed E-state index contributed by atoms with van der Waals surface area (Å²) in [5.41, 5.74) is 4.44. The van der Waals surface area contributed by atoms with Crippen molar-refractivity contribution in [3.05, 3.63) is 32.8 Å². The van der Waals surface area contributed by atoms with Gasteiger partial charge in [-0.15, -0.1) is 0 Å². The van der Waals surface area contributed by atoms with E-state index in [2.05, 4.69) is 21.2 Å². The second-order valence-corrected chi connectivity index (χ2v) is 5.64. The average molecular weight is 360 g/mol. The number of halogens is 1. The van der Waals surface area contributed by atoms with Gasteiger partial charge in [0.15, 0.2) is 0 Å². The molecule has 0 aromatic heterocycles. The Kier molecular flexibility index (Phi) is 6.10. The summed E-state index contributed by atoms with van der Waals surface area (Å²) in [6, 6.07) is 4.35. The summed E-state index contributed by atoms with van der Waals surface area (Å²) in [6.45, 7) is 4.38. The van der Waals surface area contributed by atoms with Crippen LogP contribution in [0.5, 0.6) is 5.75 Å². The van der Waals surface area contributed by atoms with Crippen LogP contribution in [0, 0.1) is 10.1 Å². The van der Waals surface area contributed by atoms with Crippen molar-refractivity contribution in [3.8, 4) is 5.75 Å². The number of non-ortho nitro benzene ring substituents is 1. The van der Waals surface area contributed by atoms with Crippen LogP contribution in [-0.2, 0) is 4.79 Å². The standard InChI is InChI=1S/C13H18BrN3O4/c1-3-16-13(2,12(15)18)4-5-21-11-7-9(14)6-10(8-11)17(19)20/h6-8,16H,3-5H2,1-2H3,(H2,15,18). The van der Waals surface area contributed by atoms with E-state index in [1.54, 1.807) is 13.0 Å². The number of nitro benzene ring substituents is 1. The molecule has 3 N–H and O–H groups in total. The van der Waals surface area contributed by atoms with Crippen molar-refractivity contribution >= 4 is 27.5 Å². The van der Waals surface area contributed by atoms with E-state index >= 15 is 0 Å². The van der Waals surface area contributed by atoms with Gasteiger partial charge in [0, 0.05) is 17.0 Å². The molecule has 1 amide bonds. The summed E-state index contributed by atoms with van der Waals surface area (Å²) in [7, 11) is 0. The fourth-order valence-corrected chi connectivity index (χ4v) is 2.26. The first kappa shape index (κ1) is 17.4. The Morgan fingerprint density at radius 3 is 2.71 bits per heavy atom. The first-order valence-corrected chi connectivity index (χ1v) is 7.20. The molecule has 0 spiro atoms. The maximum atomic E-state index is 11.5. The van der Waals surface area contributed by atoms with Gasteiger partial charge >= 0.3 is 0 Å². The van der Waals surface area contributed by atoms with Crippen LogP contribution in [0.2, 0.25) is 0 Å². The number of hydrogen-bond donors (Lipinski definition) is 2. The van der Waals surface area contributed by atoms with Crippen LogP contribution in [0.15, 0.2) is 22.7 Å². The van der Waals surface area contributed by atoms with E-state index in [9.17, 15) is 14.9 Å². The van der Waals surface area contributed by atoms with E-state index in [1.807, 2.05) is 6.92 Å². The van der Waals surface area contributed by atoms with Crippen molar-refractivity contribution in [3.63, 3.8) is 0 Å². The second kappa shape index (κ2) is 7.37. The normalized spacial score (nSPS) is 13.5. The zero-order valence-corrected chi connectivity index (χ0v) is 13.5. The number of likely N-dealkylation sites (N-methyl/N-ethyl adjacent to an activating group) is 1. The summed E-state index contributed by atoms with van der Waals surface area (Å²) < 4.78 is 6.04. The molecule has 0 radical (unpaired) electrons. The molecule has 0 saturated heterocycles. The Bertz CT molecular complexity index is 538. The summed E-state index contributed by atoms with van der Waals surface area (Å²) in [6.07, 6.45) is 0.358. The Hall–Kier alpha value is -1.67. The molecule has 0 aliphatic heterocycles. The van der Waals surface area contributed by atoms with Gasteiger partial charge in [0.05, 0.1) is 23.1 Å². The minimum Gasteiger partial charge on any atom is -0.493 e. The van der Waals surface area contributed by atoms with Crippen LogP contribution < -0.4 is 15.8 Å². The van der Waals surface area contributed by atoms with Crippen LogP contribution in [0.25, 0.3) is 0 Å². The van der Waals surface area contributed by atoms with Crippen LogP contribution >= 0.6 is 15.9 Å². The lowest BCUT2D eigenvalue weighted by atomic mass is 9.97. The molecule has 0 heterocycles. The van der Waals surface area contributed by atoms with Gasteiger partial charge < -0.3 is 15.8 Å². The summed E-state index contributed by atoms with van der Waals surface area (Å²) in [4.78, 5) is 21.7. The van der Waals surface area contributed by atoms with E-state index in [1.165, 1.54) is 12.1 Å². The summed E-state index contributed by atoms with van der Waals surface area (Å²) in [5, 5.41) is 13.8. The predicted octanol–water partition coefficient (Wildman–Crippen LogP) is 1.98. The number of hydrogen-bond acceptors (Lipinski definition) is 5. The highest BCUT2D eigenvalue weighted by Gasteiger charge is 2.29. The molecule has 0 aliphatic rings. The van der Waals surface area contributed by atoms with Gasteiger partial charge in [-0.05, 0) is 19.5 Å². The quantitative estimate of drug-likeness (QED) is 0.544. The molecule has 0 fully saturated rings. The van der Waals surface area contributed by atoms with Crippen molar-refractivity contribution in [1.29, 1.82) is 0 Å². The number of nitrogens with zero attached hydrogens (tertiary/aromatic N) is 1. The van der Waals surface area contributed by atoms with Gasteiger partial charge in [0.2, 0.25) is 5.91 Å². The minimum absolute atomic E-state index is 0.0660. The van der Waals surface area contributed by atoms with Gasteiger partial charge in [-0.2, -0.15) is 0 Å². The van der Waals surface area contributed by atoms with Crippen molar-refractivity contribution in [2.75, 3.05) is 13.2 Å². The third-order valence-electron chi connectivity index (χ3n) is 3.05. The first-order chi connectivity index (χ1) is 9.78. The van der Waals surface area contributed by atoms with Crippen LogP contribution in [0.1, 0.15) is 20.3 Å². The highest BCUT2D eigenvalue weighted by atomic mass is 79.9. The number of nitrogens with two attached hydrogens (primary N) is 1. The van der Waals surface area contributed by atoms with E-state index in [0.717, 1.165) is 0 Å². The Labute approximate surface area is 131 Å². The highest BCUT2D eigenvalue weighted by molar-refractivity contribution is 9.10. The molecular formula is C13H18BrN3O4. The fourth-order valence-electron chi connectivity index (χ4n) is 1.80. The third-order valence-corrected chi connectivity index (χ3v) is 3.51. The summed E-state index contributed by atoms with van der Waals surface area (Å²) >= 11 is 3.19. The van der Waals surface area contributed by atoms with E-state index in [0.29, 0.717) is 23.2 Å². The van der Waals surface area contributed by atoms with E-state index in [-0.39, 0.29) is 12.3 Å². The smallest absolute Gasteiger partial charge is 0.274 e. The van der Waals surface area contributed by atoms with Gasteiger partial charge in [-0.25, -0.2) is 0 Å². The maximum absolute atomic E-state index is 11.5. The molecule has 7 nitrogen and oxygen atoms in total. The number of nitro groups is 1. The number of benzene rings is 1. The van der Waals surface area contributed by atoms with Crippen LogP contribution in [0.3, 0.4) is 0 Å². The average Bonchev–Trinajstić information content (AvgIpc) is 2.38. The molecule has 1 aromatic carbocycles. The lowest BCUT2D eigenvalue weighted by molar-refractivity contribution is -0.385. The van der Waals surface area contributed by atoms with Gasteiger partial charge in [0.25, 0.3) is 5.69 Å². The molecule has 1 atom stereocenters. The number of nitrogens with one attached hydrogen (secondary N) is 1. The highest BCUT2D eigenvalue weighted by Crippen LogP contribution is 2.26.